The molecule has 0 aliphatic heterocycles. The van der Waals surface area contributed by atoms with E-state index in [0.717, 1.165) is 6.42 Å². The summed E-state index contributed by atoms with van der Waals surface area (Å²) in [5.41, 5.74) is 8.53. The van der Waals surface area contributed by atoms with E-state index >= 15 is 0 Å². The van der Waals surface area contributed by atoms with Crippen LogP contribution in [0.1, 0.15) is 22.3 Å². The van der Waals surface area contributed by atoms with Gasteiger partial charge in [-0.3, -0.25) is 0 Å². The quantitative estimate of drug-likeness (QED) is 0.501. The van der Waals surface area contributed by atoms with Crippen LogP contribution in [0.2, 0.25) is 0 Å². The SMILES string of the molecule is C1=CC2(Cc3cccc4cccc2c34)C2=Cc3ccccc3C2=C1. The molecule has 1 unspecified atom stereocenters. The number of fused-ring (bicyclic) bond motifs is 5. The Morgan fingerprint density at radius 2 is 1.71 bits per heavy atom. The van der Waals surface area contributed by atoms with Crippen molar-refractivity contribution < 1.29 is 0 Å². The molecule has 3 aliphatic rings. The topological polar surface area (TPSA) is 0 Å². The fourth-order valence-corrected chi connectivity index (χ4v) is 4.92. The van der Waals surface area contributed by atoms with Crippen LogP contribution in [0.15, 0.2) is 84.5 Å². The van der Waals surface area contributed by atoms with Crippen molar-refractivity contribution in [2.75, 3.05) is 0 Å². The van der Waals surface area contributed by atoms with E-state index in [-0.39, 0.29) is 5.41 Å². The first-order chi connectivity index (χ1) is 11.9. The maximum absolute atomic E-state index is 2.42. The summed E-state index contributed by atoms with van der Waals surface area (Å²) >= 11 is 0. The third-order valence-electron chi connectivity index (χ3n) is 5.91. The maximum Gasteiger partial charge on any atom is 0.0438 e. The van der Waals surface area contributed by atoms with Crippen LogP contribution in [0.3, 0.4) is 0 Å². The van der Waals surface area contributed by atoms with Gasteiger partial charge >= 0.3 is 0 Å². The lowest BCUT2D eigenvalue weighted by Gasteiger charge is -2.32. The molecule has 0 saturated heterocycles. The Balaban J connectivity index is 1.67. The first-order valence-corrected chi connectivity index (χ1v) is 8.59. The number of rotatable bonds is 0. The van der Waals surface area contributed by atoms with Crippen molar-refractivity contribution in [2.45, 2.75) is 11.8 Å². The number of hydrogen-bond acceptors (Lipinski definition) is 0. The highest BCUT2D eigenvalue weighted by Crippen LogP contribution is 2.55. The Labute approximate surface area is 141 Å². The molecule has 3 aliphatic carbocycles. The molecule has 0 radical (unpaired) electrons. The van der Waals surface area contributed by atoms with Crippen LogP contribution in [-0.2, 0) is 11.8 Å². The molecule has 0 saturated carbocycles. The van der Waals surface area contributed by atoms with E-state index in [2.05, 4.69) is 85.0 Å². The van der Waals surface area contributed by atoms with E-state index < -0.39 is 0 Å². The van der Waals surface area contributed by atoms with Gasteiger partial charge in [-0.2, -0.15) is 0 Å². The summed E-state index contributed by atoms with van der Waals surface area (Å²) in [6.45, 7) is 0. The fraction of sp³-hybridized carbons (Fsp3) is 0.0833. The monoisotopic (exact) mass is 304 g/mol. The molecule has 3 aromatic carbocycles. The number of benzene rings is 3. The van der Waals surface area contributed by atoms with Gasteiger partial charge < -0.3 is 0 Å². The minimum atomic E-state index is -0.00764. The van der Waals surface area contributed by atoms with Crippen LogP contribution < -0.4 is 0 Å². The average Bonchev–Trinajstić information content (AvgIpc) is 3.16. The van der Waals surface area contributed by atoms with Crippen LogP contribution >= 0.6 is 0 Å². The zero-order valence-electron chi connectivity index (χ0n) is 13.3. The Hall–Kier alpha value is -2.86. The Morgan fingerprint density at radius 3 is 2.67 bits per heavy atom. The van der Waals surface area contributed by atoms with Crippen molar-refractivity contribution >= 4 is 22.4 Å². The molecule has 0 fully saturated rings. The Bertz CT molecular complexity index is 1120. The Morgan fingerprint density at radius 1 is 0.833 bits per heavy atom. The van der Waals surface area contributed by atoms with E-state index in [4.69, 9.17) is 0 Å². The van der Waals surface area contributed by atoms with E-state index in [1.54, 1.807) is 0 Å². The van der Waals surface area contributed by atoms with Gasteiger partial charge in [0.2, 0.25) is 0 Å². The summed E-state index contributed by atoms with van der Waals surface area (Å²) in [6.07, 6.45) is 10.4. The highest BCUT2D eigenvalue weighted by molar-refractivity contribution is 6.02. The predicted molar refractivity (Wildman–Crippen MR) is 101 cm³/mol. The molecule has 0 nitrogen and oxygen atoms in total. The normalized spacial score (nSPS) is 22.5. The predicted octanol–water partition coefficient (Wildman–Crippen LogP) is 5.68. The molecule has 24 heavy (non-hydrogen) atoms. The van der Waals surface area contributed by atoms with Crippen LogP contribution in [-0.4, -0.2) is 0 Å². The highest BCUT2D eigenvalue weighted by Gasteiger charge is 2.44. The van der Waals surface area contributed by atoms with Crippen LogP contribution in [0.5, 0.6) is 0 Å². The zero-order valence-corrected chi connectivity index (χ0v) is 13.3. The van der Waals surface area contributed by atoms with Crippen molar-refractivity contribution in [3.8, 4) is 0 Å². The van der Waals surface area contributed by atoms with Crippen LogP contribution in [0.4, 0.5) is 0 Å². The van der Waals surface area contributed by atoms with Crippen molar-refractivity contribution in [3.05, 3.63) is 107 Å². The second-order valence-corrected chi connectivity index (χ2v) is 7.05. The summed E-state index contributed by atoms with van der Waals surface area (Å²) in [5.74, 6) is 0. The maximum atomic E-state index is 2.42. The second kappa shape index (κ2) is 4.15. The fourth-order valence-electron chi connectivity index (χ4n) is 4.92. The first kappa shape index (κ1) is 12.5. The van der Waals surface area contributed by atoms with E-state index in [9.17, 15) is 0 Å². The third-order valence-corrected chi connectivity index (χ3v) is 5.91. The van der Waals surface area contributed by atoms with Crippen molar-refractivity contribution in [1.82, 2.24) is 0 Å². The van der Waals surface area contributed by atoms with Crippen LogP contribution in [0, 0.1) is 0 Å². The molecule has 0 bridgehead atoms. The van der Waals surface area contributed by atoms with Crippen molar-refractivity contribution in [3.63, 3.8) is 0 Å². The van der Waals surface area contributed by atoms with Gasteiger partial charge in [0, 0.05) is 5.41 Å². The highest BCUT2D eigenvalue weighted by atomic mass is 14.5. The molecule has 0 aromatic heterocycles. The van der Waals surface area contributed by atoms with E-state index in [1.165, 1.54) is 44.2 Å². The lowest BCUT2D eigenvalue weighted by Crippen LogP contribution is -2.26. The summed E-state index contributed by atoms with van der Waals surface area (Å²) in [4.78, 5) is 0. The largest absolute Gasteiger partial charge is 0.0692 e. The number of allylic oxidation sites excluding steroid dienone is 5. The van der Waals surface area contributed by atoms with E-state index in [0.29, 0.717) is 0 Å². The van der Waals surface area contributed by atoms with Gasteiger partial charge in [-0.15, -0.1) is 0 Å². The second-order valence-electron chi connectivity index (χ2n) is 7.05. The molecule has 0 N–H and O–H groups in total. The molecule has 1 atom stereocenters. The van der Waals surface area contributed by atoms with Gasteiger partial charge in [0.1, 0.15) is 0 Å². The summed E-state index contributed by atoms with van der Waals surface area (Å²) in [7, 11) is 0. The van der Waals surface area contributed by atoms with Gasteiger partial charge in [0.05, 0.1) is 0 Å². The van der Waals surface area contributed by atoms with Crippen molar-refractivity contribution in [2.24, 2.45) is 0 Å². The molecular formula is C24H16. The molecule has 1 spiro atoms. The molecule has 0 heterocycles. The summed E-state index contributed by atoms with van der Waals surface area (Å²) in [6, 6.07) is 22.3. The van der Waals surface area contributed by atoms with Gasteiger partial charge in [-0.25, -0.2) is 0 Å². The van der Waals surface area contributed by atoms with Gasteiger partial charge in [0.15, 0.2) is 0 Å². The average molecular weight is 304 g/mol. The first-order valence-electron chi connectivity index (χ1n) is 8.59. The molecule has 6 rings (SSSR count). The molecule has 0 heteroatoms. The lowest BCUT2D eigenvalue weighted by molar-refractivity contribution is 0.673. The minimum absolute atomic E-state index is 0.00764. The van der Waals surface area contributed by atoms with Gasteiger partial charge in [-0.05, 0) is 56.7 Å². The minimum Gasteiger partial charge on any atom is -0.0692 e. The molecular weight excluding hydrogens is 288 g/mol. The van der Waals surface area contributed by atoms with Gasteiger partial charge in [0.25, 0.3) is 0 Å². The third kappa shape index (κ3) is 1.36. The number of hydrogen-bond donors (Lipinski definition) is 0. The Kier molecular flexibility index (Phi) is 2.17. The lowest BCUT2D eigenvalue weighted by atomic mass is 9.70. The van der Waals surface area contributed by atoms with Crippen LogP contribution in [0.25, 0.3) is 22.4 Å². The smallest absolute Gasteiger partial charge is 0.0438 e. The molecule has 0 amide bonds. The zero-order chi connectivity index (χ0) is 15.7. The molecule has 112 valence electrons. The summed E-state index contributed by atoms with van der Waals surface area (Å²) in [5, 5.41) is 2.82. The summed E-state index contributed by atoms with van der Waals surface area (Å²) < 4.78 is 0. The van der Waals surface area contributed by atoms with E-state index in [1.807, 2.05) is 0 Å². The molecule has 3 aromatic rings. The standard InChI is InChI=1S/C24H16/c1-2-10-19-17(6-1)14-22-20(19)11-5-13-24(22)15-18-9-3-7-16-8-4-12-21(24)23(16)18/h1-14H,15H2. The van der Waals surface area contributed by atoms with Gasteiger partial charge in [-0.1, -0.05) is 78.9 Å². The van der Waals surface area contributed by atoms with Crippen molar-refractivity contribution in [1.29, 1.82) is 0 Å².